The Labute approximate surface area is 172 Å². The predicted molar refractivity (Wildman–Crippen MR) is 107 cm³/mol. The fourth-order valence-electron chi connectivity index (χ4n) is 4.24. The number of rotatable bonds is 4. The molecule has 30 heavy (non-hydrogen) atoms. The number of likely N-dealkylation sites (tertiary alicyclic amines) is 1. The van der Waals surface area contributed by atoms with E-state index in [2.05, 4.69) is 4.98 Å². The molecular formula is C19H26N6O5. The third kappa shape index (κ3) is 3.27. The van der Waals surface area contributed by atoms with Gasteiger partial charge in [0, 0.05) is 33.2 Å². The van der Waals surface area contributed by atoms with E-state index < -0.39 is 11.2 Å². The van der Waals surface area contributed by atoms with E-state index in [-0.39, 0.29) is 41.9 Å². The van der Waals surface area contributed by atoms with Crippen molar-refractivity contribution < 1.29 is 14.3 Å². The fraction of sp³-hybridized carbons (Fsp3) is 0.632. The quantitative estimate of drug-likeness (QED) is 0.671. The van der Waals surface area contributed by atoms with Crippen LogP contribution in [-0.2, 0) is 30.2 Å². The van der Waals surface area contributed by atoms with E-state index in [0.29, 0.717) is 32.5 Å². The van der Waals surface area contributed by atoms with Crippen LogP contribution in [0.1, 0.15) is 26.2 Å². The van der Waals surface area contributed by atoms with E-state index in [9.17, 15) is 19.2 Å². The number of hydrogen-bond acceptors (Lipinski definition) is 6. The minimum Gasteiger partial charge on any atom is -0.444 e. The first-order valence-electron chi connectivity index (χ1n) is 10.2. The second-order valence-corrected chi connectivity index (χ2v) is 7.93. The molecule has 2 amide bonds. The van der Waals surface area contributed by atoms with Crippen LogP contribution in [0.2, 0.25) is 0 Å². The molecule has 0 saturated carbocycles. The van der Waals surface area contributed by atoms with Crippen LogP contribution in [0.15, 0.2) is 15.9 Å². The predicted octanol–water partition coefficient (Wildman–Crippen LogP) is -0.344. The molecule has 0 radical (unpaired) electrons. The Kier molecular flexibility index (Phi) is 5.12. The molecule has 1 unspecified atom stereocenters. The van der Waals surface area contributed by atoms with Gasteiger partial charge < -0.3 is 19.1 Å². The van der Waals surface area contributed by atoms with Gasteiger partial charge in [0.05, 0.1) is 12.9 Å². The zero-order chi connectivity index (χ0) is 21.6. The molecule has 2 aliphatic heterocycles. The summed E-state index contributed by atoms with van der Waals surface area (Å²) in [7, 11) is 2.95. The van der Waals surface area contributed by atoms with Gasteiger partial charge in [0.25, 0.3) is 5.56 Å². The van der Waals surface area contributed by atoms with Gasteiger partial charge in [0.1, 0.15) is 12.6 Å². The van der Waals surface area contributed by atoms with Gasteiger partial charge in [-0.2, -0.15) is 0 Å². The first-order chi connectivity index (χ1) is 14.3. The number of imidazole rings is 1. The second kappa shape index (κ2) is 7.62. The number of hydrogen-bond donors (Lipinski definition) is 0. The number of nitrogens with zero attached hydrogens (tertiary/aromatic N) is 6. The lowest BCUT2D eigenvalue weighted by Gasteiger charge is -2.35. The maximum Gasteiger partial charge on any atom is 0.410 e. The van der Waals surface area contributed by atoms with Gasteiger partial charge in [0.15, 0.2) is 11.2 Å². The Morgan fingerprint density at radius 2 is 1.87 bits per heavy atom. The summed E-state index contributed by atoms with van der Waals surface area (Å²) in [6, 6.07) is 0.0778. The van der Waals surface area contributed by atoms with Gasteiger partial charge >= 0.3 is 11.8 Å². The summed E-state index contributed by atoms with van der Waals surface area (Å²) in [6.07, 6.45) is 3.28. The standard InChI is InChI=1S/C19H26N6O5/c1-4-13-9-25(19(29)30-13)12-5-7-23(8-6-12)14(26)10-24-11-20-16-15(24)17(27)22(3)18(28)21(16)2/h11-13H,4-10H2,1-3H3. The van der Waals surface area contributed by atoms with Crippen molar-refractivity contribution >= 4 is 23.2 Å². The van der Waals surface area contributed by atoms with Crippen LogP contribution in [0.3, 0.4) is 0 Å². The van der Waals surface area contributed by atoms with Crippen LogP contribution in [0.5, 0.6) is 0 Å². The third-order valence-corrected chi connectivity index (χ3v) is 6.14. The molecule has 1 atom stereocenters. The third-order valence-electron chi connectivity index (χ3n) is 6.14. The minimum atomic E-state index is -0.477. The number of piperidine rings is 1. The van der Waals surface area contributed by atoms with Crippen molar-refractivity contribution in [3.8, 4) is 0 Å². The Morgan fingerprint density at radius 1 is 1.17 bits per heavy atom. The van der Waals surface area contributed by atoms with Crippen molar-refractivity contribution in [2.75, 3.05) is 19.6 Å². The number of ether oxygens (including phenoxy) is 1. The van der Waals surface area contributed by atoms with Crippen LogP contribution < -0.4 is 11.2 Å². The molecule has 11 nitrogen and oxygen atoms in total. The van der Waals surface area contributed by atoms with Crippen LogP contribution in [0, 0.1) is 0 Å². The van der Waals surface area contributed by atoms with Gasteiger partial charge in [-0.3, -0.25) is 18.7 Å². The van der Waals surface area contributed by atoms with Gasteiger partial charge in [-0.05, 0) is 19.3 Å². The summed E-state index contributed by atoms with van der Waals surface area (Å²) in [5, 5.41) is 0. The van der Waals surface area contributed by atoms with E-state index in [4.69, 9.17) is 4.74 Å². The molecule has 4 heterocycles. The van der Waals surface area contributed by atoms with E-state index in [0.717, 1.165) is 11.0 Å². The lowest BCUT2D eigenvalue weighted by molar-refractivity contribution is -0.133. The highest BCUT2D eigenvalue weighted by Gasteiger charge is 2.37. The van der Waals surface area contributed by atoms with Gasteiger partial charge in [-0.15, -0.1) is 0 Å². The normalized spacial score (nSPS) is 20.2. The van der Waals surface area contributed by atoms with E-state index >= 15 is 0 Å². The highest BCUT2D eigenvalue weighted by molar-refractivity contribution is 5.79. The minimum absolute atomic E-state index is 0.0295. The van der Waals surface area contributed by atoms with Crippen LogP contribution in [0.25, 0.3) is 11.2 Å². The lowest BCUT2D eigenvalue weighted by Crippen LogP contribution is -2.48. The smallest absolute Gasteiger partial charge is 0.410 e. The average Bonchev–Trinajstić information content (AvgIpc) is 3.34. The summed E-state index contributed by atoms with van der Waals surface area (Å²) in [6.45, 7) is 3.64. The van der Waals surface area contributed by atoms with Crippen LogP contribution in [0.4, 0.5) is 4.79 Å². The van der Waals surface area contributed by atoms with Crippen LogP contribution in [-0.4, -0.2) is 72.3 Å². The summed E-state index contributed by atoms with van der Waals surface area (Å²) < 4.78 is 9.14. The van der Waals surface area contributed by atoms with Crippen molar-refractivity contribution in [3.05, 3.63) is 27.2 Å². The number of carbonyl (C=O) groups excluding carboxylic acids is 2. The van der Waals surface area contributed by atoms with Crippen LogP contribution >= 0.6 is 0 Å². The maximum absolute atomic E-state index is 12.8. The molecule has 11 heteroatoms. The summed E-state index contributed by atoms with van der Waals surface area (Å²) in [5.74, 6) is -0.126. The van der Waals surface area contributed by atoms with Crippen molar-refractivity contribution in [2.24, 2.45) is 14.1 Å². The largest absolute Gasteiger partial charge is 0.444 e. The molecule has 0 spiro atoms. The zero-order valence-corrected chi connectivity index (χ0v) is 17.4. The molecule has 2 fully saturated rings. The molecule has 2 saturated heterocycles. The number of cyclic esters (lactones) is 1. The maximum atomic E-state index is 12.8. The molecule has 2 aliphatic rings. The highest BCUT2D eigenvalue weighted by atomic mass is 16.6. The molecule has 2 aromatic rings. The molecule has 0 bridgehead atoms. The SMILES string of the molecule is CCC1CN(C2CCN(C(=O)Cn3cnc4c3c(=O)n(C)c(=O)n4C)CC2)C(=O)O1. The van der Waals surface area contributed by atoms with Crippen molar-refractivity contribution in [1.82, 2.24) is 28.5 Å². The lowest BCUT2D eigenvalue weighted by atomic mass is 10.0. The average molecular weight is 418 g/mol. The summed E-state index contributed by atoms with van der Waals surface area (Å²) in [5.41, 5.74) is -0.451. The Morgan fingerprint density at radius 3 is 2.50 bits per heavy atom. The molecule has 4 rings (SSSR count). The molecule has 0 N–H and O–H groups in total. The highest BCUT2D eigenvalue weighted by Crippen LogP contribution is 2.23. The monoisotopic (exact) mass is 418 g/mol. The number of aryl methyl sites for hydroxylation is 1. The summed E-state index contributed by atoms with van der Waals surface area (Å²) >= 11 is 0. The topological polar surface area (TPSA) is 112 Å². The van der Waals surface area contributed by atoms with Crippen molar-refractivity contribution in [2.45, 2.75) is 44.9 Å². The molecule has 0 aliphatic carbocycles. The molecular weight excluding hydrogens is 392 g/mol. The number of fused-ring (bicyclic) bond motifs is 1. The Balaban J connectivity index is 1.44. The second-order valence-electron chi connectivity index (χ2n) is 7.93. The van der Waals surface area contributed by atoms with Crippen molar-refractivity contribution in [3.63, 3.8) is 0 Å². The van der Waals surface area contributed by atoms with Crippen molar-refractivity contribution in [1.29, 1.82) is 0 Å². The van der Waals surface area contributed by atoms with Gasteiger partial charge in [-0.1, -0.05) is 6.92 Å². The zero-order valence-electron chi connectivity index (χ0n) is 17.4. The van der Waals surface area contributed by atoms with Gasteiger partial charge in [-0.25, -0.2) is 14.6 Å². The number of carbonyl (C=O) groups is 2. The van der Waals surface area contributed by atoms with E-state index in [1.165, 1.54) is 22.5 Å². The Bertz CT molecular complexity index is 1110. The van der Waals surface area contributed by atoms with E-state index in [1.54, 1.807) is 16.8 Å². The number of amides is 2. The van der Waals surface area contributed by atoms with Gasteiger partial charge in [0.2, 0.25) is 5.91 Å². The Hall–Kier alpha value is -3.11. The fourth-order valence-corrected chi connectivity index (χ4v) is 4.24. The molecule has 2 aromatic heterocycles. The first kappa shape index (κ1) is 20.2. The molecule has 0 aromatic carbocycles. The van der Waals surface area contributed by atoms with E-state index in [1.807, 2.05) is 6.92 Å². The summed E-state index contributed by atoms with van der Waals surface area (Å²) in [4.78, 5) is 57.2. The first-order valence-corrected chi connectivity index (χ1v) is 10.2. The molecule has 162 valence electrons. The number of aromatic nitrogens is 4.